The normalized spacial score (nSPS) is 11.5. The zero-order valence-corrected chi connectivity index (χ0v) is 18.6. The van der Waals surface area contributed by atoms with Gasteiger partial charge in [-0.25, -0.2) is 10.4 Å². The van der Waals surface area contributed by atoms with Crippen molar-refractivity contribution >= 4 is 34.3 Å². The highest BCUT2D eigenvalue weighted by Gasteiger charge is 2.14. The predicted molar refractivity (Wildman–Crippen MR) is 130 cm³/mol. The van der Waals surface area contributed by atoms with Gasteiger partial charge in [-0.15, -0.1) is 0 Å². The molecular formula is C25H22N4O2S. The summed E-state index contributed by atoms with van der Waals surface area (Å²) in [7, 11) is 0. The van der Waals surface area contributed by atoms with Crippen LogP contribution in [0.25, 0.3) is 16.6 Å². The lowest BCUT2D eigenvalue weighted by Crippen LogP contribution is -2.24. The Balaban J connectivity index is 1.59. The monoisotopic (exact) mass is 442 g/mol. The van der Waals surface area contributed by atoms with Crippen LogP contribution in [0.15, 0.2) is 93.9 Å². The summed E-state index contributed by atoms with van der Waals surface area (Å²) in [5, 5.41) is 5.17. The Kier molecular flexibility index (Phi) is 6.47. The van der Waals surface area contributed by atoms with Crippen LogP contribution >= 0.6 is 11.8 Å². The average molecular weight is 443 g/mol. The number of carbonyl (C=O) groups excluding carboxylic acids is 1. The number of carbonyl (C=O) groups is 1. The summed E-state index contributed by atoms with van der Waals surface area (Å²) < 4.78 is 1.55. The molecule has 0 aliphatic rings. The molecule has 4 aromatic rings. The number of nitrogens with one attached hydrogen (secondary N) is 1. The summed E-state index contributed by atoms with van der Waals surface area (Å²) in [5.41, 5.74) is 6.46. The molecule has 6 nitrogen and oxygen atoms in total. The van der Waals surface area contributed by atoms with Crippen molar-refractivity contribution in [3.63, 3.8) is 0 Å². The number of hydrazone groups is 1. The van der Waals surface area contributed by atoms with Crippen LogP contribution in [0, 0.1) is 6.92 Å². The molecule has 1 heterocycles. The number of hydrogen-bond acceptors (Lipinski definition) is 5. The van der Waals surface area contributed by atoms with Crippen LogP contribution in [0.2, 0.25) is 0 Å². The summed E-state index contributed by atoms with van der Waals surface area (Å²) in [4.78, 5) is 30.3. The molecule has 0 saturated carbocycles. The largest absolute Gasteiger partial charge is 0.272 e. The molecule has 0 aliphatic heterocycles. The highest BCUT2D eigenvalue weighted by Crippen LogP contribution is 2.21. The maximum absolute atomic E-state index is 13.2. The number of para-hydroxylation sites is 1. The maximum Gasteiger partial charge on any atom is 0.266 e. The molecule has 0 aliphatic carbocycles. The smallest absolute Gasteiger partial charge is 0.266 e. The van der Waals surface area contributed by atoms with Gasteiger partial charge in [-0.2, -0.15) is 5.10 Å². The number of amides is 1. The van der Waals surface area contributed by atoms with E-state index in [0.717, 1.165) is 11.1 Å². The van der Waals surface area contributed by atoms with E-state index in [2.05, 4.69) is 15.5 Å². The fourth-order valence-corrected chi connectivity index (χ4v) is 3.99. The predicted octanol–water partition coefficient (Wildman–Crippen LogP) is 4.33. The lowest BCUT2D eigenvalue weighted by Gasteiger charge is -2.13. The Morgan fingerprint density at radius 1 is 1.00 bits per heavy atom. The average Bonchev–Trinajstić information content (AvgIpc) is 2.82. The molecule has 32 heavy (non-hydrogen) atoms. The van der Waals surface area contributed by atoms with Gasteiger partial charge >= 0.3 is 0 Å². The third kappa shape index (κ3) is 4.78. The molecule has 0 fully saturated rings. The van der Waals surface area contributed by atoms with E-state index >= 15 is 0 Å². The number of rotatable bonds is 6. The summed E-state index contributed by atoms with van der Waals surface area (Å²) >= 11 is 1.20. The number of fused-ring (bicyclic) bond motifs is 1. The Bertz CT molecular complexity index is 1350. The minimum absolute atomic E-state index is 0.0716. The highest BCUT2D eigenvalue weighted by atomic mass is 32.2. The van der Waals surface area contributed by atoms with Gasteiger partial charge in [0.25, 0.3) is 11.5 Å². The topological polar surface area (TPSA) is 76.3 Å². The van der Waals surface area contributed by atoms with Gasteiger partial charge in [-0.3, -0.25) is 14.2 Å². The molecule has 160 valence electrons. The number of aromatic nitrogens is 2. The van der Waals surface area contributed by atoms with E-state index in [1.165, 1.54) is 11.8 Å². The van der Waals surface area contributed by atoms with Gasteiger partial charge in [0, 0.05) is 0 Å². The van der Waals surface area contributed by atoms with Crippen LogP contribution in [0.4, 0.5) is 0 Å². The Morgan fingerprint density at radius 3 is 2.44 bits per heavy atom. The first-order chi connectivity index (χ1) is 15.5. The molecular weight excluding hydrogens is 420 g/mol. The van der Waals surface area contributed by atoms with Crippen molar-refractivity contribution in [1.29, 1.82) is 0 Å². The van der Waals surface area contributed by atoms with Crippen molar-refractivity contribution in [1.82, 2.24) is 15.0 Å². The number of hydrogen-bond donors (Lipinski definition) is 1. The van der Waals surface area contributed by atoms with E-state index in [1.807, 2.05) is 80.6 Å². The van der Waals surface area contributed by atoms with Crippen molar-refractivity contribution in [2.24, 2.45) is 5.10 Å². The lowest BCUT2D eigenvalue weighted by molar-refractivity contribution is -0.118. The Hall–Kier alpha value is -3.71. The van der Waals surface area contributed by atoms with Gasteiger partial charge in [0.05, 0.1) is 28.1 Å². The molecule has 0 radical (unpaired) electrons. The van der Waals surface area contributed by atoms with Gasteiger partial charge < -0.3 is 0 Å². The van der Waals surface area contributed by atoms with Gasteiger partial charge in [0.15, 0.2) is 5.16 Å². The minimum Gasteiger partial charge on any atom is -0.272 e. The van der Waals surface area contributed by atoms with Crippen LogP contribution in [0.1, 0.15) is 18.1 Å². The third-order valence-corrected chi connectivity index (χ3v) is 5.85. The molecule has 1 N–H and O–H groups in total. The fourth-order valence-electron chi connectivity index (χ4n) is 3.18. The van der Waals surface area contributed by atoms with Crippen LogP contribution in [0.3, 0.4) is 0 Å². The van der Waals surface area contributed by atoms with Crippen LogP contribution in [-0.2, 0) is 4.79 Å². The number of thioether (sulfide) groups is 1. The summed E-state index contributed by atoms with van der Waals surface area (Å²) in [5.74, 6) is -0.203. The Morgan fingerprint density at radius 2 is 1.69 bits per heavy atom. The van der Waals surface area contributed by atoms with E-state index in [0.29, 0.717) is 27.5 Å². The summed E-state index contributed by atoms with van der Waals surface area (Å²) in [6, 6.07) is 24.5. The standard InChI is InChI=1S/C25H22N4O2S/c1-17-12-14-20(15-13-17)29-24(31)21-10-6-7-11-22(21)26-25(29)32-16-23(30)28-27-18(2)19-8-4-3-5-9-19/h3-15H,16H2,1-2H3,(H,28,30). The van der Waals surface area contributed by atoms with Gasteiger partial charge in [-0.05, 0) is 43.7 Å². The molecule has 3 aromatic carbocycles. The van der Waals surface area contributed by atoms with Crippen LogP contribution < -0.4 is 11.0 Å². The first-order valence-electron chi connectivity index (χ1n) is 10.1. The quantitative estimate of drug-likeness (QED) is 0.209. The molecule has 7 heteroatoms. The van der Waals surface area contributed by atoms with E-state index in [1.54, 1.807) is 16.7 Å². The molecule has 0 atom stereocenters. The van der Waals surface area contributed by atoms with Gasteiger partial charge in [0.1, 0.15) is 0 Å². The fraction of sp³-hybridized carbons (Fsp3) is 0.120. The summed E-state index contributed by atoms with van der Waals surface area (Å²) in [6.07, 6.45) is 0. The second-order valence-corrected chi connectivity index (χ2v) is 8.22. The minimum atomic E-state index is -0.275. The van der Waals surface area contributed by atoms with E-state index in [-0.39, 0.29) is 17.2 Å². The molecule has 0 spiro atoms. The van der Waals surface area contributed by atoms with Gasteiger partial charge in [0.2, 0.25) is 0 Å². The van der Waals surface area contributed by atoms with Crippen molar-refractivity contribution in [2.45, 2.75) is 19.0 Å². The molecule has 0 bridgehead atoms. The number of nitrogens with zero attached hydrogens (tertiary/aromatic N) is 3. The molecule has 1 aromatic heterocycles. The second kappa shape index (κ2) is 9.62. The molecule has 1 amide bonds. The van der Waals surface area contributed by atoms with E-state index in [4.69, 9.17) is 0 Å². The molecule has 4 rings (SSSR count). The number of benzene rings is 3. The second-order valence-electron chi connectivity index (χ2n) is 7.27. The highest BCUT2D eigenvalue weighted by molar-refractivity contribution is 7.99. The van der Waals surface area contributed by atoms with E-state index < -0.39 is 0 Å². The van der Waals surface area contributed by atoms with Crippen molar-refractivity contribution < 1.29 is 4.79 Å². The van der Waals surface area contributed by atoms with Crippen molar-refractivity contribution in [3.05, 3.63) is 100 Å². The first-order valence-corrected chi connectivity index (χ1v) is 11.1. The summed E-state index contributed by atoms with van der Waals surface area (Å²) in [6.45, 7) is 3.83. The van der Waals surface area contributed by atoms with Crippen LogP contribution in [-0.4, -0.2) is 26.9 Å². The maximum atomic E-state index is 13.2. The van der Waals surface area contributed by atoms with Crippen molar-refractivity contribution in [2.75, 3.05) is 5.75 Å². The third-order valence-electron chi connectivity index (χ3n) is 4.91. The molecule has 0 unspecified atom stereocenters. The van der Waals surface area contributed by atoms with Crippen molar-refractivity contribution in [3.8, 4) is 5.69 Å². The first kappa shape index (κ1) is 21.5. The van der Waals surface area contributed by atoms with Crippen LogP contribution in [0.5, 0.6) is 0 Å². The van der Waals surface area contributed by atoms with E-state index in [9.17, 15) is 9.59 Å². The zero-order valence-electron chi connectivity index (χ0n) is 17.8. The SMILES string of the molecule is CC(=NNC(=O)CSc1nc2ccccc2c(=O)n1-c1ccc(C)cc1)c1ccccc1. The number of aryl methyl sites for hydroxylation is 1. The Labute approximate surface area is 190 Å². The lowest BCUT2D eigenvalue weighted by atomic mass is 10.1. The molecule has 0 saturated heterocycles. The van der Waals surface area contributed by atoms with Gasteiger partial charge in [-0.1, -0.05) is 71.9 Å². The zero-order chi connectivity index (χ0) is 22.5.